The van der Waals surface area contributed by atoms with Gasteiger partial charge in [-0.1, -0.05) is 24.3 Å². The third kappa shape index (κ3) is 3.45. The second-order valence-corrected chi connectivity index (χ2v) is 4.60. The zero-order chi connectivity index (χ0) is 12.8. The van der Waals surface area contributed by atoms with Crippen molar-refractivity contribution in [1.82, 2.24) is 9.97 Å². The first-order valence-electron chi connectivity index (χ1n) is 5.60. The number of aliphatic hydroxyl groups excluding tert-OH is 1. The lowest BCUT2D eigenvalue weighted by Gasteiger charge is -2.07. The summed E-state index contributed by atoms with van der Waals surface area (Å²) < 4.78 is 0. The summed E-state index contributed by atoms with van der Waals surface area (Å²) in [6.07, 6.45) is 3.54. The maximum Gasteiger partial charge on any atom is 0.130 e. The second kappa shape index (κ2) is 6.37. The van der Waals surface area contributed by atoms with E-state index in [-0.39, 0.29) is 6.61 Å². The first-order chi connectivity index (χ1) is 8.81. The number of aliphatic hydroxyl groups is 1. The Morgan fingerprint density at radius 2 is 2.06 bits per heavy atom. The van der Waals surface area contributed by atoms with E-state index in [1.807, 2.05) is 36.6 Å². The number of aromatic nitrogens is 2. The molecule has 2 aromatic rings. The van der Waals surface area contributed by atoms with Gasteiger partial charge in [-0.3, -0.25) is 0 Å². The van der Waals surface area contributed by atoms with Gasteiger partial charge >= 0.3 is 0 Å². The van der Waals surface area contributed by atoms with E-state index < -0.39 is 0 Å². The van der Waals surface area contributed by atoms with Gasteiger partial charge in [0, 0.05) is 12.6 Å². The van der Waals surface area contributed by atoms with Crippen molar-refractivity contribution in [2.75, 3.05) is 11.6 Å². The molecule has 0 saturated heterocycles. The molecule has 0 amide bonds. The van der Waals surface area contributed by atoms with Crippen LogP contribution in [0.4, 0.5) is 5.82 Å². The molecule has 1 heterocycles. The third-order valence-corrected chi connectivity index (χ3v) is 3.14. The molecule has 0 unspecified atom stereocenters. The molecular weight excluding hydrogens is 246 g/mol. The van der Waals surface area contributed by atoms with E-state index in [9.17, 15) is 0 Å². The summed E-state index contributed by atoms with van der Waals surface area (Å²) in [6, 6.07) is 9.75. The molecule has 0 aliphatic heterocycles. The molecule has 0 bridgehead atoms. The van der Waals surface area contributed by atoms with Crippen molar-refractivity contribution in [3.05, 3.63) is 47.8 Å². The van der Waals surface area contributed by atoms with Gasteiger partial charge in [0.15, 0.2) is 0 Å². The minimum Gasteiger partial charge on any atom is -0.392 e. The molecule has 0 aliphatic carbocycles. The lowest BCUT2D eigenvalue weighted by atomic mass is 10.1. The van der Waals surface area contributed by atoms with Crippen LogP contribution in [-0.2, 0) is 13.2 Å². The number of anilines is 1. The molecule has 0 aliphatic rings. The zero-order valence-electron chi connectivity index (χ0n) is 10.1. The van der Waals surface area contributed by atoms with Crippen molar-refractivity contribution < 1.29 is 5.11 Å². The third-order valence-electron chi connectivity index (χ3n) is 2.50. The summed E-state index contributed by atoms with van der Waals surface area (Å²) in [6.45, 7) is 0.747. The zero-order valence-corrected chi connectivity index (χ0v) is 10.9. The van der Waals surface area contributed by atoms with Crippen LogP contribution in [-0.4, -0.2) is 21.3 Å². The number of hydrogen-bond donors (Lipinski definition) is 2. The monoisotopic (exact) mass is 261 g/mol. The molecule has 18 heavy (non-hydrogen) atoms. The van der Waals surface area contributed by atoms with E-state index in [1.165, 1.54) is 0 Å². The summed E-state index contributed by atoms with van der Waals surface area (Å²) in [7, 11) is 0. The summed E-state index contributed by atoms with van der Waals surface area (Å²) in [5, 5.41) is 13.3. The van der Waals surface area contributed by atoms with Gasteiger partial charge in [-0.15, -0.1) is 11.8 Å². The van der Waals surface area contributed by atoms with E-state index in [4.69, 9.17) is 5.11 Å². The molecule has 5 heteroatoms. The normalized spacial score (nSPS) is 10.3. The largest absolute Gasteiger partial charge is 0.392 e. The quantitative estimate of drug-likeness (QED) is 0.639. The van der Waals surface area contributed by atoms with Crippen LogP contribution in [0.15, 0.2) is 41.7 Å². The smallest absolute Gasteiger partial charge is 0.130 e. The lowest BCUT2D eigenvalue weighted by molar-refractivity contribution is 0.281. The molecule has 0 spiro atoms. The van der Waals surface area contributed by atoms with Crippen LogP contribution in [0, 0.1) is 0 Å². The van der Waals surface area contributed by atoms with E-state index in [0.29, 0.717) is 6.54 Å². The van der Waals surface area contributed by atoms with Gasteiger partial charge in [0.1, 0.15) is 17.2 Å². The molecule has 0 saturated carbocycles. The second-order valence-electron chi connectivity index (χ2n) is 3.78. The van der Waals surface area contributed by atoms with Crippen LogP contribution in [0.25, 0.3) is 0 Å². The predicted molar refractivity (Wildman–Crippen MR) is 73.5 cm³/mol. The predicted octanol–water partition coefficient (Wildman–Crippen LogP) is 2.30. The SMILES string of the molecule is CSc1cc(NCc2cccc(CO)c2)ncn1. The molecule has 0 fully saturated rings. The first kappa shape index (κ1) is 12.9. The van der Waals surface area contributed by atoms with Crippen molar-refractivity contribution >= 4 is 17.6 Å². The van der Waals surface area contributed by atoms with Crippen LogP contribution >= 0.6 is 11.8 Å². The molecule has 94 valence electrons. The number of benzene rings is 1. The van der Waals surface area contributed by atoms with Gasteiger partial charge in [-0.2, -0.15) is 0 Å². The Morgan fingerprint density at radius 1 is 1.22 bits per heavy atom. The van der Waals surface area contributed by atoms with Gasteiger partial charge in [0.05, 0.1) is 6.61 Å². The first-order valence-corrected chi connectivity index (χ1v) is 6.83. The van der Waals surface area contributed by atoms with Crippen LogP contribution < -0.4 is 5.32 Å². The Bertz CT molecular complexity index is 472. The highest BCUT2D eigenvalue weighted by Gasteiger charge is 1.99. The van der Waals surface area contributed by atoms with Crippen molar-refractivity contribution in [2.24, 2.45) is 0 Å². The van der Waals surface area contributed by atoms with E-state index >= 15 is 0 Å². The standard InChI is InChI=1S/C13H15N3OS/c1-18-13-6-12(15-9-16-13)14-7-10-3-2-4-11(5-10)8-17/h2-6,9,17H,7-8H2,1H3,(H,14,15,16). The van der Waals surface area contributed by atoms with Crippen molar-refractivity contribution in [3.63, 3.8) is 0 Å². The van der Waals surface area contributed by atoms with Gasteiger partial charge in [0.2, 0.25) is 0 Å². The van der Waals surface area contributed by atoms with Gasteiger partial charge in [0.25, 0.3) is 0 Å². The minimum atomic E-state index is 0.0674. The fourth-order valence-electron chi connectivity index (χ4n) is 1.58. The van der Waals surface area contributed by atoms with Crippen molar-refractivity contribution in [1.29, 1.82) is 0 Å². The van der Waals surface area contributed by atoms with Crippen LogP contribution in [0.1, 0.15) is 11.1 Å². The maximum absolute atomic E-state index is 9.07. The minimum absolute atomic E-state index is 0.0674. The topological polar surface area (TPSA) is 58.0 Å². The molecular formula is C13H15N3OS. The lowest BCUT2D eigenvalue weighted by Crippen LogP contribution is -2.02. The molecule has 2 N–H and O–H groups in total. The molecule has 1 aromatic carbocycles. The number of nitrogens with zero attached hydrogens (tertiary/aromatic N) is 2. The number of thioether (sulfide) groups is 1. The summed E-state index contributed by atoms with van der Waals surface area (Å²) >= 11 is 1.59. The molecule has 0 radical (unpaired) electrons. The van der Waals surface area contributed by atoms with Crippen LogP contribution in [0.2, 0.25) is 0 Å². The Balaban J connectivity index is 2.01. The Hall–Kier alpha value is -1.59. The molecule has 2 rings (SSSR count). The van der Waals surface area contributed by atoms with E-state index in [2.05, 4.69) is 15.3 Å². The summed E-state index contributed by atoms with van der Waals surface area (Å²) in [5.41, 5.74) is 2.03. The highest BCUT2D eigenvalue weighted by Crippen LogP contribution is 2.14. The van der Waals surface area contributed by atoms with Crippen molar-refractivity contribution in [2.45, 2.75) is 18.2 Å². The van der Waals surface area contributed by atoms with E-state index in [1.54, 1.807) is 18.1 Å². The molecule has 4 nitrogen and oxygen atoms in total. The highest BCUT2D eigenvalue weighted by molar-refractivity contribution is 7.98. The van der Waals surface area contributed by atoms with Gasteiger partial charge < -0.3 is 10.4 Å². The van der Waals surface area contributed by atoms with Crippen LogP contribution in [0.5, 0.6) is 0 Å². The Kier molecular flexibility index (Phi) is 4.55. The van der Waals surface area contributed by atoms with Gasteiger partial charge in [-0.05, 0) is 17.4 Å². The number of hydrogen-bond acceptors (Lipinski definition) is 5. The number of nitrogens with one attached hydrogen (secondary N) is 1. The van der Waals surface area contributed by atoms with Crippen molar-refractivity contribution in [3.8, 4) is 0 Å². The number of rotatable bonds is 5. The summed E-state index contributed by atoms with van der Waals surface area (Å²) in [5.74, 6) is 0.809. The van der Waals surface area contributed by atoms with Crippen LogP contribution in [0.3, 0.4) is 0 Å². The maximum atomic E-state index is 9.07. The summed E-state index contributed by atoms with van der Waals surface area (Å²) in [4.78, 5) is 8.28. The molecule has 0 atom stereocenters. The highest BCUT2D eigenvalue weighted by atomic mass is 32.2. The Morgan fingerprint density at radius 3 is 2.83 bits per heavy atom. The average Bonchev–Trinajstić information content (AvgIpc) is 2.45. The molecule has 1 aromatic heterocycles. The fourth-order valence-corrected chi connectivity index (χ4v) is 1.96. The van der Waals surface area contributed by atoms with Gasteiger partial charge in [-0.25, -0.2) is 9.97 Å². The Labute approximate surface area is 110 Å². The van der Waals surface area contributed by atoms with E-state index in [0.717, 1.165) is 22.0 Å². The average molecular weight is 261 g/mol. The fraction of sp³-hybridized carbons (Fsp3) is 0.231.